The van der Waals surface area contributed by atoms with Crippen LogP contribution in [0.25, 0.3) is 0 Å². The predicted octanol–water partition coefficient (Wildman–Crippen LogP) is 3.29. The zero-order chi connectivity index (χ0) is 15.2. The van der Waals surface area contributed by atoms with Gasteiger partial charge in [0, 0.05) is 6.54 Å². The van der Waals surface area contributed by atoms with E-state index < -0.39 is 5.38 Å². The molecule has 0 heterocycles. The summed E-state index contributed by atoms with van der Waals surface area (Å²) in [6.45, 7) is 0.718. The Bertz CT molecular complexity index is 486. The number of hydrogen-bond donors (Lipinski definition) is 1. The van der Waals surface area contributed by atoms with Gasteiger partial charge in [-0.05, 0) is 36.5 Å². The molecule has 5 heteroatoms. The maximum Gasteiger partial charge on any atom is 0.242 e. The largest absolute Gasteiger partial charge is 0.493 e. The van der Waals surface area contributed by atoms with Crippen molar-refractivity contribution >= 4 is 17.5 Å². The van der Waals surface area contributed by atoms with Gasteiger partial charge in [-0.25, -0.2) is 0 Å². The number of alkyl halides is 1. The van der Waals surface area contributed by atoms with Crippen LogP contribution < -0.4 is 14.8 Å². The molecule has 1 aromatic rings. The van der Waals surface area contributed by atoms with Gasteiger partial charge in [-0.3, -0.25) is 4.79 Å². The maximum absolute atomic E-state index is 12.1. The molecule has 0 aromatic heterocycles. The van der Waals surface area contributed by atoms with Gasteiger partial charge in [0.1, 0.15) is 5.38 Å². The Morgan fingerprint density at radius 2 is 1.95 bits per heavy atom. The molecule has 1 unspecified atom stereocenters. The molecule has 1 aromatic carbocycles. The standard InChI is InChI=1S/C16H22ClNO3/c1-20-13-8-7-12(9-14(13)21-2)15(17)16(19)18-10-11-5-3-4-6-11/h7-9,11,15H,3-6,10H2,1-2H3,(H,18,19). The average Bonchev–Trinajstić information content (AvgIpc) is 3.04. The van der Waals surface area contributed by atoms with Gasteiger partial charge in [-0.1, -0.05) is 18.9 Å². The fourth-order valence-corrected chi connectivity index (χ4v) is 2.92. The lowest BCUT2D eigenvalue weighted by molar-refractivity contribution is -0.121. The normalized spacial score (nSPS) is 16.5. The number of hydrogen-bond acceptors (Lipinski definition) is 3. The van der Waals surface area contributed by atoms with Crippen molar-refractivity contribution in [1.82, 2.24) is 5.32 Å². The van der Waals surface area contributed by atoms with E-state index >= 15 is 0 Å². The predicted molar refractivity (Wildman–Crippen MR) is 83.1 cm³/mol. The van der Waals surface area contributed by atoms with Crippen molar-refractivity contribution in [3.63, 3.8) is 0 Å². The molecule has 1 amide bonds. The van der Waals surface area contributed by atoms with Crippen LogP contribution in [0.4, 0.5) is 0 Å². The summed E-state index contributed by atoms with van der Waals surface area (Å²) in [7, 11) is 3.13. The Kier molecular flexibility index (Phi) is 5.74. The zero-order valence-electron chi connectivity index (χ0n) is 12.5. The Balaban J connectivity index is 1.97. The van der Waals surface area contributed by atoms with Crippen molar-refractivity contribution in [2.75, 3.05) is 20.8 Å². The number of benzene rings is 1. The van der Waals surface area contributed by atoms with E-state index in [4.69, 9.17) is 21.1 Å². The van der Waals surface area contributed by atoms with Crippen molar-refractivity contribution in [2.45, 2.75) is 31.1 Å². The van der Waals surface area contributed by atoms with Crippen molar-refractivity contribution in [3.8, 4) is 11.5 Å². The highest BCUT2D eigenvalue weighted by atomic mass is 35.5. The first kappa shape index (κ1) is 16.0. The van der Waals surface area contributed by atoms with Gasteiger partial charge in [-0.2, -0.15) is 0 Å². The topological polar surface area (TPSA) is 47.6 Å². The van der Waals surface area contributed by atoms with Gasteiger partial charge in [-0.15, -0.1) is 11.6 Å². The van der Waals surface area contributed by atoms with E-state index in [1.165, 1.54) is 25.7 Å². The minimum absolute atomic E-state index is 0.157. The van der Waals surface area contributed by atoms with Crippen LogP contribution in [-0.2, 0) is 4.79 Å². The first-order valence-electron chi connectivity index (χ1n) is 7.29. The summed E-state index contributed by atoms with van der Waals surface area (Å²) in [6, 6.07) is 5.29. The van der Waals surface area contributed by atoms with Crippen LogP contribution >= 0.6 is 11.6 Å². The molecule has 116 valence electrons. The number of carbonyl (C=O) groups is 1. The fourth-order valence-electron chi connectivity index (χ4n) is 2.71. The van der Waals surface area contributed by atoms with Crippen LogP contribution in [0.3, 0.4) is 0 Å². The molecular weight excluding hydrogens is 290 g/mol. The van der Waals surface area contributed by atoms with E-state index in [2.05, 4.69) is 5.32 Å². The molecule has 0 spiro atoms. The lowest BCUT2D eigenvalue weighted by Crippen LogP contribution is -2.31. The summed E-state index contributed by atoms with van der Waals surface area (Å²) in [5, 5.41) is 2.23. The van der Waals surface area contributed by atoms with Crippen molar-refractivity contribution in [3.05, 3.63) is 23.8 Å². The third-order valence-electron chi connectivity index (χ3n) is 3.97. The Hall–Kier alpha value is -1.42. The highest BCUT2D eigenvalue weighted by Gasteiger charge is 2.21. The second kappa shape index (κ2) is 7.55. The highest BCUT2D eigenvalue weighted by molar-refractivity contribution is 6.30. The molecule has 1 fully saturated rings. The number of methoxy groups -OCH3 is 2. The molecule has 2 rings (SSSR count). The van der Waals surface area contributed by atoms with Crippen LogP contribution in [0.2, 0.25) is 0 Å². The van der Waals surface area contributed by atoms with Gasteiger partial charge < -0.3 is 14.8 Å². The molecule has 21 heavy (non-hydrogen) atoms. The van der Waals surface area contributed by atoms with E-state index in [1.54, 1.807) is 32.4 Å². The van der Waals surface area contributed by atoms with Crippen LogP contribution in [0.1, 0.15) is 36.6 Å². The molecule has 0 radical (unpaired) electrons. The summed E-state index contributed by atoms with van der Waals surface area (Å²) in [5.41, 5.74) is 0.707. The SMILES string of the molecule is COc1ccc(C(Cl)C(=O)NCC2CCCC2)cc1OC. The molecule has 4 nitrogen and oxygen atoms in total. The molecule has 1 aliphatic carbocycles. The van der Waals surface area contributed by atoms with Crippen LogP contribution in [-0.4, -0.2) is 26.7 Å². The molecule has 1 atom stereocenters. The number of ether oxygens (including phenoxy) is 2. The monoisotopic (exact) mass is 311 g/mol. The Morgan fingerprint density at radius 1 is 1.29 bits per heavy atom. The Morgan fingerprint density at radius 3 is 2.57 bits per heavy atom. The van der Waals surface area contributed by atoms with Crippen molar-refractivity contribution in [2.24, 2.45) is 5.92 Å². The van der Waals surface area contributed by atoms with Crippen molar-refractivity contribution in [1.29, 1.82) is 0 Å². The van der Waals surface area contributed by atoms with E-state index in [9.17, 15) is 4.79 Å². The molecule has 0 bridgehead atoms. The minimum Gasteiger partial charge on any atom is -0.493 e. The second-order valence-electron chi connectivity index (χ2n) is 5.37. The molecule has 0 aliphatic heterocycles. The first-order valence-corrected chi connectivity index (χ1v) is 7.73. The third kappa shape index (κ3) is 4.03. The van der Waals surface area contributed by atoms with Crippen molar-refractivity contribution < 1.29 is 14.3 Å². The molecule has 0 saturated heterocycles. The molecule has 1 saturated carbocycles. The van der Waals surface area contributed by atoms with Gasteiger partial charge in [0.15, 0.2) is 11.5 Å². The number of rotatable bonds is 6. The lowest BCUT2D eigenvalue weighted by Gasteiger charge is -2.15. The Labute approximate surface area is 130 Å². The van der Waals surface area contributed by atoms with Gasteiger partial charge >= 0.3 is 0 Å². The molecule has 1 aliphatic rings. The zero-order valence-corrected chi connectivity index (χ0v) is 13.3. The smallest absolute Gasteiger partial charge is 0.242 e. The average molecular weight is 312 g/mol. The summed E-state index contributed by atoms with van der Waals surface area (Å²) in [6.07, 6.45) is 4.92. The number of nitrogens with one attached hydrogen (secondary N) is 1. The first-order chi connectivity index (χ1) is 10.2. The summed E-state index contributed by atoms with van der Waals surface area (Å²) in [4.78, 5) is 12.1. The number of halogens is 1. The van der Waals surface area contributed by atoms with E-state index in [0.29, 0.717) is 23.0 Å². The second-order valence-corrected chi connectivity index (χ2v) is 5.81. The highest BCUT2D eigenvalue weighted by Crippen LogP contribution is 2.32. The molecular formula is C16H22ClNO3. The van der Waals surface area contributed by atoms with Gasteiger partial charge in [0.05, 0.1) is 14.2 Å². The quantitative estimate of drug-likeness (QED) is 0.820. The third-order valence-corrected chi connectivity index (χ3v) is 4.42. The molecule has 1 N–H and O–H groups in total. The van der Waals surface area contributed by atoms with E-state index in [-0.39, 0.29) is 5.91 Å². The maximum atomic E-state index is 12.1. The summed E-state index contributed by atoms with van der Waals surface area (Å²) in [5.74, 6) is 1.64. The van der Waals surface area contributed by atoms with E-state index in [1.807, 2.05) is 0 Å². The number of amides is 1. The van der Waals surface area contributed by atoms with Gasteiger partial charge in [0.25, 0.3) is 0 Å². The lowest BCUT2D eigenvalue weighted by atomic mass is 10.1. The fraction of sp³-hybridized carbons (Fsp3) is 0.562. The summed E-state index contributed by atoms with van der Waals surface area (Å²) >= 11 is 6.26. The minimum atomic E-state index is -0.716. The van der Waals surface area contributed by atoms with Crippen LogP contribution in [0.15, 0.2) is 18.2 Å². The van der Waals surface area contributed by atoms with Gasteiger partial charge in [0.2, 0.25) is 5.91 Å². The van der Waals surface area contributed by atoms with Crippen LogP contribution in [0.5, 0.6) is 11.5 Å². The summed E-state index contributed by atoms with van der Waals surface area (Å²) < 4.78 is 10.4. The van der Waals surface area contributed by atoms with E-state index in [0.717, 1.165) is 6.54 Å². The number of carbonyl (C=O) groups excluding carboxylic acids is 1. The van der Waals surface area contributed by atoms with Crippen LogP contribution in [0, 0.1) is 5.92 Å².